The first-order valence-electron chi connectivity index (χ1n) is 7.48. The van der Waals surface area contributed by atoms with Crippen LogP contribution in [0.4, 0.5) is 0 Å². The van der Waals surface area contributed by atoms with Gasteiger partial charge in [-0.2, -0.15) is 0 Å². The lowest BCUT2D eigenvalue weighted by molar-refractivity contribution is 0.101. The van der Waals surface area contributed by atoms with Crippen LogP contribution in [0, 0.1) is 17.3 Å². The summed E-state index contributed by atoms with van der Waals surface area (Å²) >= 11 is 0. The third kappa shape index (κ3) is 1.46. The second kappa shape index (κ2) is 3.27. The standard InChI is InChI=1S/C15H24O2/c1-14(2)11(8-10-6-4-3-5-7-10)9-12-15(16-12)13(14)17-15/h10-13H,3-9H2,1-2H3. The quantitative estimate of drug-likeness (QED) is 0.686. The smallest absolute Gasteiger partial charge is 0.223 e. The highest BCUT2D eigenvalue weighted by Crippen LogP contribution is 2.69. The van der Waals surface area contributed by atoms with Crippen molar-refractivity contribution < 1.29 is 9.47 Å². The average molecular weight is 236 g/mol. The van der Waals surface area contributed by atoms with Gasteiger partial charge in [0.05, 0.1) is 0 Å². The van der Waals surface area contributed by atoms with Crippen LogP contribution in [0.2, 0.25) is 0 Å². The van der Waals surface area contributed by atoms with Gasteiger partial charge < -0.3 is 9.47 Å². The number of hydrogen-bond acceptors (Lipinski definition) is 2. The molecule has 2 saturated heterocycles. The molecule has 0 N–H and O–H groups in total. The maximum absolute atomic E-state index is 5.85. The molecule has 0 aromatic rings. The van der Waals surface area contributed by atoms with Gasteiger partial charge in [0.1, 0.15) is 12.2 Å². The number of hydrogen-bond donors (Lipinski definition) is 0. The first-order chi connectivity index (χ1) is 8.13. The number of epoxide rings is 2. The Kier molecular flexibility index (Phi) is 2.08. The molecule has 4 atom stereocenters. The van der Waals surface area contributed by atoms with E-state index in [2.05, 4.69) is 13.8 Å². The second-order valence-electron chi connectivity index (χ2n) is 7.32. The van der Waals surface area contributed by atoms with Gasteiger partial charge in [0.25, 0.3) is 0 Å². The fourth-order valence-corrected chi connectivity index (χ4v) is 4.56. The van der Waals surface area contributed by atoms with E-state index in [-0.39, 0.29) is 5.79 Å². The molecular weight excluding hydrogens is 212 g/mol. The van der Waals surface area contributed by atoms with E-state index in [1.54, 1.807) is 0 Å². The molecular formula is C15H24O2. The summed E-state index contributed by atoms with van der Waals surface area (Å²) in [6, 6.07) is 0. The largest absolute Gasteiger partial charge is 0.336 e. The maximum Gasteiger partial charge on any atom is 0.223 e. The zero-order valence-corrected chi connectivity index (χ0v) is 11.1. The summed E-state index contributed by atoms with van der Waals surface area (Å²) < 4.78 is 11.6. The van der Waals surface area contributed by atoms with Crippen LogP contribution in [0.25, 0.3) is 0 Å². The van der Waals surface area contributed by atoms with Crippen molar-refractivity contribution in [3.05, 3.63) is 0 Å². The number of ether oxygens (including phenoxy) is 2. The molecule has 4 unspecified atom stereocenters. The maximum atomic E-state index is 5.85. The lowest BCUT2D eigenvalue weighted by atomic mass is 9.65. The molecule has 4 fully saturated rings. The highest BCUT2D eigenvalue weighted by molar-refractivity contribution is 5.22. The molecule has 0 radical (unpaired) electrons. The minimum Gasteiger partial charge on any atom is -0.336 e. The summed E-state index contributed by atoms with van der Waals surface area (Å²) in [7, 11) is 0. The van der Waals surface area contributed by atoms with Crippen LogP contribution < -0.4 is 0 Å². The van der Waals surface area contributed by atoms with Crippen molar-refractivity contribution in [1.82, 2.24) is 0 Å². The van der Waals surface area contributed by atoms with Gasteiger partial charge in [0.2, 0.25) is 5.79 Å². The van der Waals surface area contributed by atoms with Crippen LogP contribution >= 0.6 is 0 Å². The highest BCUT2D eigenvalue weighted by atomic mass is 16.9. The van der Waals surface area contributed by atoms with E-state index in [1.807, 2.05) is 0 Å². The summed E-state index contributed by atoms with van der Waals surface area (Å²) in [6.45, 7) is 4.80. The zero-order chi connectivity index (χ0) is 11.7. The van der Waals surface area contributed by atoms with Crippen LogP contribution in [0.5, 0.6) is 0 Å². The summed E-state index contributed by atoms with van der Waals surface area (Å²) in [5.41, 5.74) is 0.338. The molecule has 17 heavy (non-hydrogen) atoms. The Balaban J connectivity index is 1.46. The molecule has 0 aromatic carbocycles. The predicted molar refractivity (Wildman–Crippen MR) is 65.6 cm³/mol. The Hall–Kier alpha value is -0.0800. The summed E-state index contributed by atoms with van der Waals surface area (Å²) in [5.74, 6) is 1.73. The van der Waals surface area contributed by atoms with Crippen molar-refractivity contribution in [2.75, 3.05) is 0 Å². The topological polar surface area (TPSA) is 25.1 Å². The number of rotatable bonds is 2. The van der Waals surface area contributed by atoms with Gasteiger partial charge in [-0.3, -0.25) is 0 Å². The lowest BCUT2D eigenvalue weighted by Crippen LogP contribution is -2.38. The molecule has 1 spiro atoms. The van der Waals surface area contributed by atoms with Gasteiger partial charge in [-0.1, -0.05) is 46.0 Å². The van der Waals surface area contributed by atoms with E-state index in [0.29, 0.717) is 17.6 Å². The van der Waals surface area contributed by atoms with Gasteiger partial charge in [-0.25, -0.2) is 0 Å². The van der Waals surface area contributed by atoms with Crippen molar-refractivity contribution in [3.8, 4) is 0 Å². The van der Waals surface area contributed by atoms with Gasteiger partial charge in [-0.15, -0.1) is 0 Å². The molecule has 2 aliphatic carbocycles. The van der Waals surface area contributed by atoms with Crippen LogP contribution in [0.3, 0.4) is 0 Å². The molecule has 0 amide bonds. The summed E-state index contributed by atoms with van der Waals surface area (Å²) in [6.07, 6.45) is 10.8. The van der Waals surface area contributed by atoms with E-state index in [9.17, 15) is 0 Å². The van der Waals surface area contributed by atoms with Crippen LogP contribution in [0.1, 0.15) is 58.8 Å². The first-order valence-corrected chi connectivity index (χ1v) is 7.48. The highest BCUT2D eigenvalue weighted by Gasteiger charge is 2.83. The summed E-state index contributed by atoms with van der Waals surface area (Å²) in [5, 5.41) is 0. The predicted octanol–water partition coefficient (Wildman–Crippen LogP) is 3.50. The third-order valence-corrected chi connectivity index (χ3v) is 5.90. The van der Waals surface area contributed by atoms with E-state index < -0.39 is 0 Å². The molecule has 96 valence electrons. The molecule has 4 aliphatic rings. The Bertz CT molecular complexity index is 332. The van der Waals surface area contributed by atoms with Crippen molar-refractivity contribution in [3.63, 3.8) is 0 Å². The zero-order valence-electron chi connectivity index (χ0n) is 11.1. The van der Waals surface area contributed by atoms with Crippen molar-refractivity contribution in [2.45, 2.75) is 76.8 Å². The van der Waals surface area contributed by atoms with Crippen LogP contribution in [-0.4, -0.2) is 18.0 Å². The molecule has 2 aliphatic heterocycles. The van der Waals surface area contributed by atoms with E-state index >= 15 is 0 Å². The molecule has 0 aromatic heterocycles. The Morgan fingerprint density at radius 2 is 1.82 bits per heavy atom. The van der Waals surface area contributed by atoms with Crippen molar-refractivity contribution in [1.29, 1.82) is 0 Å². The lowest BCUT2D eigenvalue weighted by Gasteiger charge is -2.37. The third-order valence-electron chi connectivity index (χ3n) is 5.90. The van der Waals surface area contributed by atoms with E-state index in [4.69, 9.17) is 9.47 Å². The monoisotopic (exact) mass is 236 g/mol. The van der Waals surface area contributed by atoms with Gasteiger partial charge in [0, 0.05) is 0 Å². The SMILES string of the molecule is CC1(C)C(CC2CCCCC2)CC2OC23OC13. The fourth-order valence-electron chi connectivity index (χ4n) is 4.56. The molecule has 4 rings (SSSR count). The fraction of sp³-hybridized carbons (Fsp3) is 1.00. The van der Waals surface area contributed by atoms with E-state index in [0.717, 1.165) is 11.8 Å². The Morgan fingerprint density at radius 1 is 1.06 bits per heavy atom. The van der Waals surface area contributed by atoms with E-state index in [1.165, 1.54) is 44.9 Å². The van der Waals surface area contributed by atoms with Crippen LogP contribution in [-0.2, 0) is 9.47 Å². The minimum absolute atomic E-state index is 0.0768. The first kappa shape index (κ1) is 10.8. The molecule has 2 saturated carbocycles. The molecule has 0 bridgehead atoms. The molecule has 2 nitrogen and oxygen atoms in total. The second-order valence-corrected chi connectivity index (χ2v) is 7.32. The van der Waals surface area contributed by atoms with Crippen LogP contribution in [0.15, 0.2) is 0 Å². The molecule has 2 heterocycles. The van der Waals surface area contributed by atoms with Gasteiger partial charge >= 0.3 is 0 Å². The normalized spacial score (nSPS) is 51.5. The average Bonchev–Trinajstić information content (AvgIpc) is 3.18. The van der Waals surface area contributed by atoms with Gasteiger partial charge in [0.15, 0.2) is 0 Å². The minimum atomic E-state index is -0.0768. The van der Waals surface area contributed by atoms with Crippen molar-refractivity contribution in [2.24, 2.45) is 17.3 Å². The van der Waals surface area contributed by atoms with Crippen molar-refractivity contribution >= 4 is 0 Å². The summed E-state index contributed by atoms with van der Waals surface area (Å²) in [4.78, 5) is 0. The molecule has 2 heteroatoms. The Labute approximate surface area is 104 Å². The van der Waals surface area contributed by atoms with Gasteiger partial charge in [-0.05, 0) is 30.1 Å². The Morgan fingerprint density at radius 3 is 2.59 bits per heavy atom.